The second kappa shape index (κ2) is 3.74. The summed E-state index contributed by atoms with van der Waals surface area (Å²) >= 11 is 0. The number of rotatable bonds is 3. The van der Waals surface area contributed by atoms with E-state index >= 15 is 0 Å². The molecule has 0 aromatic heterocycles. The van der Waals surface area contributed by atoms with Crippen molar-refractivity contribution in [2.24, 2.45) is 5.73 Å². The Morgan fingerprint density at radius 1 is 1.21 bits per heavy atom. The third-order valence-electron chi connectivity index (χ3n) is 3.38. The fourth-order valence-electron chi connectivity index (χ4n) is 2.03. The van der Waals surface area contributed by atoms with Crippen LogP contribution in [0.2, 0.25) is 0 Å². The van der Waals surface area contributed by atoms with Crippen LogP contribution >= 0.6 is 0 Å². The summed E-state index contributed by atoms with van der Waals surface area (Å²) in [7, 11) is 0. The maximum atomic E-state index is 6.18. The van der Waals surface area contributed by atoms with E-state index < -0.39 is 0 Å². The minimum atomic E-state index is 0.172. The van der Waals surface area contributed by atoms with Gasteiger partial charge in [0.05, 0.1) is 0 Å². The van der Waals surface area contributed by atoms with Crippen LogP contribution in [0.25, 0.3) is 0 Å². The van der Waals surface area contributed by atoms with Crippen LogP contribution < -0.4 is 5.73 Å². The highest BCUT2D eigenvalue weighted by atomic mass is 14.8. The van der Waals surface area contributed by atoms with Crippen molar-refractivity contribution in [2.45, 2.75) is 44.6 Å². The fourth-order valence-corrected chi connectivity index (χ4v) is 2.03. The van der Waals surface area contributed by atoms with E-state index in [0.29, 0.717) is 0 Å². The molecule has 0 aliphatic heterocycles. The molecule has 1 aromatic carbocycles. The minimum absolute atomic E-state index is 0.172. The number of hydrogen-bond acceptors (Lipinski definition) is 1. The Labute approximate surface area is 86.3 Å². The van der Waals surface area contributed by atoms with Crippen molar-refractivity contribution in [1.82, 2.24) is 0 Å². The van der Waals surface area contributed by atoms with Gasteiger partial charge in [0.25, 0.3) is 0 Å². The second-order valence-electron chi connectivity index (χ2n) is 4.70. The van der Waals surface area contributed by atoms with Gasteiger partial charge in [-0.3, -0.25) is 0 Å². The summed E-state index contributed by atoms with van der Waals surface area (Å²) in [6, 6.07) is 8.80. The van der Waals surface area contributed by atoms with Crippen LogP contribution in [0.1, 0.15) is 36.8 Å². The molecule has 1 heteroatoms. The first-order chi connectivity index (χ1) is 6.68. The Morgan fingerprint density at radius 3 is 2.36 bits per heavy atom. The minimum Gasteiger partial charge on any atom is -0.325 e. The zero-order valence-corrected chi connectivity index (χ0v) is 8.92. The van der Waals surface area contributed by atoms with Gasteiger partial charge in [-0.25, -0.2) is 0 Å². The molecular formula is C13H19N. The lowest BCUT2D eigenvalue weighted by Crippen LogP contribution is -2.46. The van der Waals surface area contributed by atoms with Gasteiger partial charge in [0.1, 0.15) is 0 Å². The molecule has 1 aliphatic carbocycles. The van der Waals surface area contributed by atoms with Gasteiger partial charge < -0.3 is 5.73 Å². The van der Waals surface area contributed by atoms with Crippen molar-refractivity contribution in [1.29, 1.82) is 0 Å². The van der Waals surface area contributed by atoms with Crippen LogP contribution in [0.3, 0.4) is 0 Å². The summed E-state index contributed by atoms with van der Waals surface area (Å²) < 4.78 is 0. The maximum Gasteiger partial charge on any atom is 0.0157 e. The molecule has 0 atom stereocenters. The summed E-state index contributed by atoms with van der Waals surface area (Å²) in [6.45, 7) is 2.13. The third kappa shape index (κ3) is 2.16. The highest BCUT2D eigenvalue weighted by molar-refractivity contribution is 5.21. The van der Waals surface area contributed by atoms with Crippen molar-refractivity contribution < 1.29 is 0 Å². The van der Waals surface area contributed by atoms with Gasteiger partial charge in [-0.05, 0) is 44.6 Å². The lowest BCUT2D eigenvalue weighted by Gasteiger charge is -2.38. The Morgan fingerprint density at radius 2 is 1.86 bits per heavy atom. The molecule has 1 aliphatic rings. The van der Waals surface area contributed by atoms with E-state index in [9.17, 15) is 0 Å². The van der Waals surface area contributed by atoms with Gasteiger partial charge in [-0.15, -0.1) is 0 Å². The molecule has 0 unspecified atom stereocenters. The van der Waals surface area contributed by atoms with Crippen LogP contribution in [0, 0.1) is 6.92 Å². The average Bonchev–Trinajstić information content (AvgIpc) is 2.14. The predicted octanol–water partition coefficient (Wildman–Crippen LogP) is 2.81. The summed E-state index contributed by atoms with van der Waals surface area (Å²) in [4.78, 5) is 0. The van der Waals surface area contributed by atoms with E-state index in [2.05, 4.69) is 31.2 Å². The van der Waals surface area contributed by atoms with Crippen LogP contribution in [0.4, 0.5) is 0 Å². The molecule has 1 nitrogen and oxygen atoms in total. The van der Waals surface area contributed by atoms with Gasteiger partial charge in [-0.2, -0.15) is 0 Å². The smallest absolute Gasteiger partial charge is 0.0157 e. The Hall–Kier alpha value is -0.820. The predicted molar refractivity (Wildman–Crippen MR) is 60.3 cm³/mol. The van der Waals surface area contributed by atoms with Crippen molar-refractivity contribution in [2.75, 3.05) is 0 Å². The van der Waals surface area contributed by atoms with E-state index in [-0.39, 0.29) is 5.54 Å². The first-order valence-electron chi connectivity index (χ1n) is 5.52. The molecule has 1 aromatic rings. The molecule has 76 valence electrons. The quantitative estimate of drug-likeness (QED) is 0.777. The maximum absolute atomic E-state index is 6.18. The van der Waals surface area contributed by atoms with Crippen molar-refractivity contribution in [3.05, 3.63) is 35.4 Å². The second-order valence-corrected chi connectivity index (χ2v) is 4.70. The summed E-state index contributed by atoms with van der Waals surface area (Å²) in [5.74, 6) is 0. The zero-order valence-electron chi connectivity index (χ0n) is 8.92. The molecule has 1 saturated carbocycles. The highest BCUT2D eigenvalue weighted by Gasteiger charge is 2.31. The molecule has 14 heavy (non-hydrogen) atoms. The van der Waals surface area contributed by atoms with Gasteiger partial charge in [0.15, 0.2) is 0 Å². The Bertz CT molecular complexity index is 296. The van der Waals surface area contributed by atoms with E-state index in [1.807, 2.05) is 0 Å². The van der Waals surface area contributed by atoms with E-state index in [1.165, 1.54) is 30.4 Å². The van der Waals surface area contributed by atoms with Crippen molar-refractivity contribution in [3.8, 4) is 0 Å². The number of nitrogens with two attached hydrogens (primary N) is 1. The normalized spacial score (nSPS) is 19.0. The highest BCUT2D eigenvalue weighted by Crippen LogP contribution is 2.33. The molecule has 2 N–H and O–H groups in total. The molecule has 0 spiro atoms. The lowest BCUT2D eigenvalue weighted by atomic mass is 9.74. The van der Waals surface area contributed by atoms with Crippen molar-refractivity contribution >= 4 is 0 Å². The van der Waals surface area contributed by atoms with Gasteiger partial charge in [-0.1, -0.05) is 29.8 Å². The molecule has 0 bridgehead atoms. The lowest BCUT2D eigenvalue weighted by molar-refractivity contribution is 0.232. The standard InChI is InChI=1S/C13H19N/c1-11-3-5-12(6-4-11)7-10-13(14)8-2-9-13/h3-6H,2,7-10,14H2,1H3. The first-order valence-corrected chi connectivity index (χ1v) is 5.52. The fraction of sp³-hybridized carbons (Fsp3) is 0.538. The summed E-state index contributed by atoms with van der Waals surface area (Å²) in [5, 5.41) is 0. The molecule has 1 fully saturated rings. The van der Waals surface area contributed by atoms with Crippen LogP contribution in [-0.2, 0) is 6.42 Å². The molecule has 0 heterocycles. The number of benzene rings is 1. The molecule has 0 amide bonds. The number of aryl methyl sites for hydroxylation is 2. The molecule has 0 radical (unpaired) electrons. The monoisotopic (exact) mass is 189 g/mol. The van der Waals surface area contributed by atoms with Gasteiger partial charge in [0, 0.05) is 5.54 Å². The van der Waals surface area contributed by atoms with Crippen LogP contribution in [-0.4, -0.2) is 5.54 Å². The molecule has 2 rings (SSSR count). The first kappa shape index (κ1) is 9.72. The molecule has 0 saturated heterocycles. The van der Waals surface area contributed by atoms with Gasteiger partial charge in [0.2, 0.25) is 0 Å². The topological polar surface area (TPSA) is 26.0 Å². The number of hydrogen-bond donors (Lipinski definition) is 1. The third-order valence-corrected chi connectivity index (χ3v) is 3.38. The molecular weight excluding hydrogens is 170 g/mol. The van der Waals surface area contributed by atoms with Crippen LogP contribution in [0.15, 0.2) is 24.3 Å². The largest absolute Gasteiger partial charge is 0.325 e. The Kier molecular flexibility index (Phi) is 2.60. The average molecular weight is 189 g/mol. The zero-order chi connectivity index (χ0) is 10.0. The summed E-state index contributed by atoms with van der Waals surface area (Å²) in [5.41, 5.74) is 9.11. The SMILES string of the molecule is Cc1ccc(CCC2(N)CCC2)cc1. The van der Waals surface area contributed by atoms with Crippen molar-refractivity contribution in [3.63, 3.8) is 0 Å². The van der Waals surface area contributed by atoms with Crippen LogP contribution in [0.5, 0.6) is 0 Å². The van der Waals surface area contributed by atoms with E-state index in [0.717, 1.165) is 12.8 Å². The van der Waals surface area contributed by atoms with E-state index in [4.69, 9.17) is 5.73 Å². The van der Waals surface area contributed by atoms with E-state index in [1.54, 1.807) is 0 Å². The Balaban J connectivity index is 1.88. The van der Waals surface area contributed by atoms with Gasteiger partial charge >= 0.3 is 0 Å². The summed E-state index contributed by atoms with van der Waals surface area (Å²) in [6.07, 6.45) is 6.05.